The van der Waals surface area contributed by atoms with E-state index in [1.807, 2.05) is 6.92 Å². The molecule has 0 spiro atoms. The fraction of sp³-hybridized carbons (Fsp3) is 0.429. The van der Waals surface area contributed by atoms with E-state index < -0.39 is 18.7 Å². The Hall–Kier alpha value is -2.65. The molecule has 0 aliphatic heterocycles. The summed E-state index contributed by atoms with van der Waals surface area (Å²) >= 11 is 0. The maximum atomic E-state index is 12.3. The molecule has 1 aromatic carbocycles. The highest BCUT2D eigenvalue weighted by Crippen LogP contribution is 2.20. The van der Waals surface area contributed by atoms with Crippen LogP contribution in [0.2, 0.25) is 0 Å². The monoisotopic (exact) mass is 343 g/mol. The molecular weight excluding hydrogens is 327 g/mol. The maximum Gasteiger partial charge on any atom is 0.409 e. The Morgan fingerprint density at radius 2 is 2.12 bits per heavy atom. The zero-order chi connectivity index (χ0) is 17.7. The van der Waals surface area contributed by atoms with Gasteiger partial charge in [-0.25, -0.2) is 4.79 Å². The Kier molecular flexibility index (Phi) is 5.37. The normalized spacial score (nSPS) is 11.4. The topological polar surface area (TPSA) is 81.9 Å². The number of hydrogen-bond acceptors (Lipinski definition) is 6. The third-order valence-electron chi connectivity index (χ3n) is 3.16. The van der Waals surface area contributed by atoms with Crippen molar-refractivity contribution in [2.24, 2.45) is 0 Å². The number of anilines is 1. The van der Waals surface area contributed by atoms with E-state index in [-0.39, 0.29) is 12.4 Å². The average Bonchev–Trinajstić information content (AvgIpc) is 2.97. The van der Waals surface area contributed by atoms with Gasteiger partial charge in [0, 0.05) is 5.69 Å². The van der Waals surface area contributed by atoms with Crippen molar-refractivity contribution >= 4 is 11.7 Å². The first-order valence-corrected chi connectivity index (χ1v) is 7.11. The van der Waals surface area contributed by atoms with Crippen molar-refractivity contribution in [3.05, 3.63) is 35.2 Å². The van der Waals surface area contributed by atoms with Crippen LogP contribution in [0.4, 0.5) is 18.9 Å². The van der Waals surface area contributed by atoms with E-state index in [1.165, 1.54) is 7.11 Å². The van der Waals surface area contributed by atoms with Crippen LogP contribution >= 0.6 is 0 Å². The van der Waals surface area contributed by atoms with E-state index >= 15 is 0 Å². The highest BCUT2D eigenvalue weighted by molar-refractivity contribution is 5.90. The van der Waals surface area contributed by atoms with E-state index in [9.17, 15) is 18.0 Å². The molecule has 0 aliphatic carbocycles. The summed E-state index contributed by atoms with van der Waals surface area (Å²) in [5.74, 6) is -0.361. The van der Waals surface area contributed by atoms with E-state index in [4.69, 9.17) is 0 Å². The molecule has 2 rings (SSSR count). The Morgan fingerprint density at radius 1 is 1.38 bits per heavy atom. The summed E-state index contributed by atoms with van der Waals surface area (Å²) in [6, 6.07) is 5.04. The molecule has 2 aromatic rings. The number of nitrogens with one attached hydrogen (secondary N) is 1. The lowest BCUT2D eigenvalue weighted by molar-refractivity contribution is -0.145. The van der Waals surface area contributed by atoms with Crippen molar-refractivity contribution in [2.75, 3.05) is 12.4 Å². The third kappa shape index (κ3) is 4.67. The van der Waals surface area contributed by atoms with Crippen LogP contribution in [0.25, 0.3) is 0 Å². The minimum absolute atomic E-state index is 0.0789. The van der Waals surface area contributed by atoms with E-state index in [1.54, 1.807) is 18.2 Å². The molecular formula is C14H16F3N5O2. The molecule has 0 atom stereocenters. The van der Waals surface area contributed by atoms with Crippen molar-refractivity contribution in [1.29, 1.82) is 0 Å². The molecule has 7 nitrogen and oxygen atoms in total. The molecule has 130 valence electrons. The van der Waals surface area contributed by atoms with E-state index in [0.29, 0.717) is 22.5 Å². The van der Waals surface area contributed by atoms with Gasteiger partial charge in [-0.2, -0.15) is 18.0 Å². The van der Waals surface area contributed by atoms with E-state index in [0.717, 1.165) is 5.56 Å². The zero-order valence-corrected chi connectivity index (χ0v) is 13.1. The molecule has 1 heterocycles. The second-order valence-electron chi connectivity index (χ2n) is 4.92. The summed E-state index contributed by atoms with van der Waals surface area (Å²) in [7, 11) is 1.28. The number of halogens is 3. The van der Waals surface area contributed by atoms with Crippen LogP contribution in [0.15, 0.2) is 18.2 Å². The lowest BCUT2D eigenvalue weighted by Crippen LogP contribution is -2.20. The van der Waals surface area contributed by atoms with Gasteiger partial charge < -0.3 is 10.1 Å². The molecule has 1 N–H and O–H groups in total. The van der Waals surface area contributed by atoms with Crippen molar-refractivity contribution in [1.82, 2.24) is 20.2 Å². The van der Waals surface area contributed by atoms with Gasteiger partial charge in [-0.3, -0.25) is 0 Å². The van der Waals surface area contributed by atoms with Crippen molar-refractivity contribution < 1.29 is 22.7 Å². The molecule has 10 heteroatoms. The molecule has 24 heavy (non-hydrogen) atoms. The first-order chi connectivity index (χ1) is 11.3. The number of methoxy groups -OCH3 is 1. The number of hydrogen-bond donors (Lipinski definition) is 1. The summed E-state index contributed by atoms with van der Waals surface area (Å²) in [5, 5.41) is 13.6. The smallest absolute Gasteiger partial charge is 0.409 e. The Morgan fingerprint density at radius 3 is 2.75 bits per heavy atom. The number of benzene rings is 1. The lowest BCUT2D eigenvalue weighted by Gasteiger charge is -2.11. The standard InChI is InChI=1S/C14H16F3N5O2/c1-3-9-4-5-10(13(23)24-2)6-11(9)18-7-12-19-21-22(20-12)8-14(15,16)17/h4-6,18H,3,7-8H2,1-2H3. The van der Waals surface area contributed by atoms with Gasteiger partial charge in [-0.1, -0.05) is 13.0 Å². The van der Waals surface area contributed by atoms with Crippen LogP contribution in [-0.4, -0.2) is 39.5 Å². The van der Waals surface area contributed by atoms with Crippen LogP contribution in [0.3, 0.4) is 0 Å². The predicted octanol–water partition coefficient (Wildman–Crippen LogP) is 2.20. The summed E-state index contributed by atoms with van der Waals surface area (Å²) in [6.07, 6.45) is -3.70. The van der Waals surface area contributed by atoms with Crippen LogP contribution in [0.1, 0.15) is 28.7 Å². The number of tetrazole rings is 1. The number of carbonyl (C=O) groups is 1. The van der Waals surface area contributed by atoms with Gasteiger partial charge in [-0.05, 0) is 29.3 Å². The fourth-order valence-corrected chi connectivity index (χ4v) is 2.04. The molecule has 0 amide bonds. The number of rotatable bonds is 6. The lowest BCUT2D eigenvalue weighted by atomic mass is 10.1. The van der Waals surface area contributed by atoms with Crippen molar-refractivity contribution in [3.63, 3.8) is 0 Å². The number of aryl methyl sites for hydroxylation is 1. The first-order valence-electron chi connectivity index (χ1n) is 7.11. The van der Waals surface area contributed by atoms with Crippen LogP contribution in [0.5, 0.6) is 0 Å². The highest BCUT2D eigenvalue weighted by Gasteiger charge is 2.29. The van der Waals surface area contributed by atoms with Crippen LogP contribution in [-0.2, 0) is 24.2 Å². The second-order valence-corrected chi connectivity index (χ2v) is 4.92. The van der Waals surface area contributed by atoms with Crippen LogP contribution < -0.4 is 5.32 Å². The minimum Gasteiger partial charge on any atom is -0.465 e. The number of esters is 1. The van der Waals surface area contributed by atoms with Gasteiger partial charge in [0.2, 0.25) is 0 Å². The predicted molar refractivity (Wildman–Crippen MR) is 78.4 cm³/mol. The molecule has 0 unspecified atom stereocenters. The molecule has 1 aromatic heterocycles. The third-order valence-corrected chi connectivity index (χ3v) is 3.16. The number of alkyl halides is 3. The van der Waals surface area contributed by atoms with Gasteiger partial charge >= 0.3 is 12.1 Å². The summed E-state index contributed by atoms with van der Waals surface area (Å²) in [5.41, 5.74) is 1.96. The Bertz CT molecular complexity index is 715. The molecule has 0 radical (unpaired) electrons. The number of ether oxygens (including phenoxy) is 1. The molecule has 0 saturated heterocycles. The van der Waals surface area contributed by atoms with Gasteiger partial charge in [0.15, 0.2) is 12.4 Å². The van der Waals surface area contributed by atoms with Crippen molar-refractivity contribution in [3.8, 4) is 0 Å². The zero-order valence-electron chi connectivity index (χ0n) is 13.1. The fourth-order valence-electron chi connectivity index (χ4n) is 2.04. The molecule has 0 aliphatic rings. The minimum atomic E-state index is -4.41. The molecule has 0 fully saturated rings. The largest absolute Gasteiger partial charge is 0.465 e. The average molecular weight is 343 g/mol. The number of carbonyl (C=O) groups excluding carboxylic acids is 1. The second kappa shape index (κ2) is 7.28. The van der Waals surface area contributed by atoms with Gasteiger partial charge in [0.1, 0.15) is 0 Å². The number of nitrogens with zero attached hydrogens (tertiary/aromatic N) is 4. The maximum absolute atomic E-state index is 12.3. The van der Waals surface area contributed by atoms with Gasteiger partial charge in [0.05, 0.1) is 19.2 Å². The van der Waals surface area contributed by atoms with Crippen LogP contribution in [0, 0.1) is 0 Å². The van der Waals surface area contributed by atoms with Crippen molar-refractivity contribution in [2.45, 2.75) is 32.6 Å². The number of aromatic nitrogens is 4. The first kappa shape index (κ1) is 17.7. The Labute approximate surface area is 135 Å². The highest BCUT2D eigenvalue weighted by atomic mass is 19.4. The van der Waals surface area contributed by atoms with E-state index in [2.05, 4.69) is 25.5 Å². The summed E-state index contributed by atoms with van der Waals surface area (Å²) < 4.78 is 41.5. The SMILES string of the molecule is CCc1ccc(C(=O)OC)cc1NCc1nnn(CC(F)(F)F)n1. The van der Waals surface area contributed by atoms with Gasteiger partial charge in [0.25, 0.3) is 0 Å². The summed E-state index contributed by atoms with van der Waals surface area (Å²) in [6.45, 7) is 0.726. The molecule has 0 bridgehead atoms. The molecule has 0 saturated carbocycles. The van der Waals surface area contributed by atoms with Gasteiger partial charge in [-0.15, -0.1) is 10.2 Å². The quantitative estimate of drug-likeness (QED) is 0.810. The Balaban J connectivity index is 2.09. The summed E-state index contributed by atoms with van der Waals surface area (Å²) in [4.78, 5) is 12.1.